The fourth-order valence-electron chi connectivity index (χ4n) is 3.37. The molecule has 2 N–H and O–H groups in total. The predicted octanol–water partition coefficient (Wildman–Crippen LogP) is 1.48. The molecule has 17 heavy (non-hydrogen) atoms. The maximum absolute atomic E-state index is 12.4. The van der Waals surface area contributed by atoms with Crippen LogP contribution >= 0.6 is 0 Å². The third kappa shape index (κ3) is 1.72. The van der Waals surface area contributed by atoms with E-state index in [0.29, 0.717) is 11.4 Å². The van der Waals surface area contributed by atoms with Gasteiger partial charge in [-0.25, -0.2) is 0 Å². The predicted molar refractivity (Wildman–Crippen MR) is 66.6 cm³/mol. The van der Waals surface area contributed by atoms with Crippen molar-refractivity contribution < 1.29 is 4.79 Å². The molecule has 1 aromatic heterocycles. The number of aryl methyl sites for hydroxylation is 1. The van der Waals surface area contributed by atoms with Crippen LogP contribution in [0.4, 0.5) is 5.69 Å². The minimum Gasteiger partial charge on any atom is -0.397 e. The van der Waals surface area contributed by atoms with E-state index in [0.717, 1.165) is 24.9 Å². The highest BCUT2D eigenvalue weighted by Gasteiger charge is 2.38. The zero-order valence-electron chi connectivity index (χ0n) is 10.2. The third-order valence-electron chi connectivity index (χ3n) is 4.26. The van der Waals surface area contributed by atoms with Crippen molar-refractivity contribution in [1.29, 1.82) is 0 Å². The van der Waals surface area contributed by atoms with E-state index >= 15 is 0 Å². The Morgan fingerprint density at radius 1 is 1.35 bits per heavy atom. The van der Waals surface area contributed by atoms with Crippen LogP contribution in [0.1, 0.15) is 29.8 Å². The molecule has 1 aromatic rings. The highest BCUT2D eigenvalue weighted by Crippen LogP contribution is 2.38. The molecule has 0 spiro atoms. The van der Waals surface area contributed by atoms with E-state index in [1.54, 1.807) is 12.3 Å². The Morgan fingerprint density at radius 2 is 2.00 bits per heavy atom. The number of carbonyl (C=O) groups excluding carboxylic acids is 1. The molecule has 0 bridgehead atoms. The highest BCUT2D eigenvalue weighted by atomic mass is 16.2. The monoisotopic (exact) mass is 233 g/mol. The molecule has 4 heteroatoms. The third-order valence-corrected chi connectivity index (χ3v) is 4.26. The van der Waals surface area contributed by atoms with Crippen molar-refractivity contribution in [3.8, 4) is 0 Å². The molecule has 1 saturated heterocycles. The molecule has 2 fully saturated rings. The van der Waals surface area contributed by atoms with Crippen molar-refractivity contribution in [2.24, 2.45) is 18.9 Å². The summed E-state index contributed by atoms with van der Waals surface area (Å²) in [5.74, 6) is 1.63. The van der Waals surface area contributed by atoms with Gasteiger partial charge in [0.25, 0.3) is 5.91 Å². The summed E-state index contributed by atoms with van der Waals surface area (Å²) in [6.07, 6.45) is 5.73. The summed E-state index contributed by atoms with van der Waals surface area (Å²) in [5.41, 5.74) is 7.09. The smallest absolute Gasteiger partial charge is 0.270 e. The Hall–Kier alpha value is -1.45. The van der Waals surface area contributed by atoms with Gasteiger partial charge in [0, 0.05) is 26.3 Å². The first-order valence-electron chi connectivity index (χ1n) is 6.36. The molecule has 0 radical (unpaired) electrons. The van der Waals surface area contributed by atoms with Gasteiger partial charge in [0.1, 0.15) is 5.69 Å². The van der Waals surface area contributed by atoms with Gasteiger partial charge in [-0.05, 0) is 30.7 Å². The summed E-state index contributed by atoms with van der Waals surface area (Å²) in [7, 11) is 1.88. The maximum atomic E-state index is 12.4. The number of fused-ring (bicyclic) bond motifs is 1. The van der Waals surface area contributed by atoms with Crippen LogP contribution in [0, 0.1) is 11.8 Å². The fourth-order valence-corrected chi connectivity index (χ4v) is 3.37. The van der Waals surface area contributed by atoms with E-state index in [1.165, 1.54) is 19.3 Å². The standard InChI is InChI=1S/C13H19N3O/c1-15-8-11(14)5-12(15)13(17)16-6-9-3-2-4-10(9)7-16/h5,8-10H,2-4,6-7,14H2,1H3. The summed E-state index contributed by atoms with van der Waals surface area (Å²) in [4.78, 5) is 14.4. The molecular weight excluding hydrogens is 214 g/mol. The van der Waals surface area contributed by atoms with E-state index in [9.17, 15) is 4.79 Å². The quantitative estimate of drug-likeness (QED) is 0.798. The molecule has 2 heterocycles. The van der Waals surface area contributed by atoms with Crippen LogP contribution in [0.5, 0.6) is 0 Å². The van der Waals surface area contributed by atoms with Crippen LogP contribution in [-0.2, 0) is 7.05 Å². The number of nitrogens with two attached hydrogens (primary N) is 1. The normalized spacial score (nSPS) is 27.5. The van der Waals surface area contributed by atoms with Gasteiger partial charge in [-0.3, -0.25) is 4.79 Å². The lowest BCUT2D eigenvalue weighted by atomic mass is 10.0. The van der Waals surface area contributed by atoms with E-state index < -0.39 is 0 Å². The second-order valence-electron chi connectivity index (χ2n) is 5.43. The van der Waals surface area contributed by atoms with Crippen molar-refractivity contribution in [2.45, 2.75) is 19.3 Å². The Morgan fingerprint density at radius 3 is 2.53 bits per heavy atom. The number of rotatable bonds is 1. The number of carbonyl (C=O) groups is 1. The summed E-state index contributed by atoms with van der Waals surface area (Å²) in [6.45, 7) is 1.88. The van der Waals surface area contributed by atoms with Crippen molar-refractivity contribution in [3.63, 3.8) is 0 Å². The van der Waals surface area contributed by atoms with Crippen LogP contribution in [0.2, 0.25) is 0 Å². The van der Waals surface area contributed by atoms with Gasteiger partial charge in [-0.2, -0.15) is 0 Å². The summed E-state index contributed by atoms with van der Waals surface area (Å²) in [5, 5.41) is 0. The molecule has 2 unspecified atom stereocenters. The minimum atomic E-state index is 0.138. The van der Waals surface area contributed by atoms with Crippen LogP contribution in [0.3, 0.4) is 0 Å². The second kappa shape index (κ2) is 3.79. The largest absolute Gasteiger partial charge is 0.397 e. The number of nitrogen functional groups attached to an aromatic ring is 1. The number of likely N-dealkylation sites (tertiary alicyclic amines) is 1. The molecule has 4 nitrogen and oxygen atoms in total. The molecule has 1 amide bonds. The number of amides is 1. The van der Waals surface area contributed by atoms with Gasteiger partial charge in [-0.1, -0.05) is 6.42 Å². The van der Waals surface area contributed by atoms with Crippen LogP contribution in [0.15, 0.2) is 12.3 Å². The summed E-state index contributed by atoms with van der Waals surface area (Å²) < 4.78 is 1.83. The Balaban J connectivity index is 1.77. The molecule has 0 aromatic carbocycles. The maximum Gasteiger partial charge on any atom is 0.270 e. The van der Waals surface area contributed by atoms with Crippen molar-refractivity contribution in [3.05, 3.63) is 18.0 Å². The molecule has 1 aliphatic carbocycles. The van der Waals surface area contributed by atoms with Gasteiger partial charge in [0.05, 0.1) is 5.69 Å². The highest BCUT2D eigenvalue weighted by molar-refractivity contribution is 5.94. The molecule has 1 saturated carbocycles. The number of aromatic nitrogens is 1. The lowest BCUT2D eigenvalue weighted by molar-refractivity contribution is 0.0771. The van der Waals surface area contributed by atoms with Gasteiger partial charge in [-0.15, -0.1) is 0 Å². The van der Waals surface area contributed by atoms with Crippen LogP contribution < -0.4 is 5.73 Å². The Bertz CT molecular complexity index is 440. The minimum absolute atomic E-state index is 0.138. The Kier molecular flexibility index (Phi) is 2.38. The number of hydrogen-bond acceptors (Lipinski definition) is 2. The topological polar surface area (TPSA) is 51.3 Å². The van der Waals surface area contributed by atoms with Crippen LogP contribution in [0.25, 0.3) is 0 Å². The summed E-state index contributed by atoms with van der Waals surface area (Å²) in [6, 6.07) is 1.77. The van der Waals surface area contributed by atoms with E-state index in [1.807, 2.05) is 16.5 Å². The number of anilines is 1. The molecule has 3 rings (SSSR count). The van der Waals surface area contributed by atoms with Gasteiger partial charge in [0.2, 0.25) is 0 Å². The van der Waals surface area contributed by atoms with Gasteiger partial charge >= 0.3 is 0 Å². The van der Waals surface area contributed by atoms with Crippen LogP contribution in [-0.4, -0.2) is 28.5 Å². The lowest BCUT2D eigenvalue weighted by Crippen LogP contribution is -2.30. The van der Waals surface area contributed by atoms with Crippen molar-refractivity contribution in [2.75, 3.05) is 18.8 Å². The molecule has 1 aliphatic heterocycles. The summed E-state index contributed by atoms with van der Waals surface area (Å²) >= 11 is 0. The van der Waals surface area contributed by atoms with E-state index in [4.69, 9.17) is 5.73 Å². The Labute approximate surface area is 101 Å². The fraction of sp³-hybridized carbons (Fsp3) is 0.615. The zero-order chi connectivity index (χ0) is 12.0. The number of nitrogens with zero attached hydrogens (tertiary/aromatic N) is 2. The average molecular weight is 233 g/mol. The lowest BCUT2D eigenvalue weighted by Gasteiger charge is -2.17. The molecule has 92 valence electrons. The van der Waals surface area contributed by atoms with Gasteiger partial charge in [0.15, 0.2) is 0 Å². The number of hydrogen-bond donors (Lipinski definition) is 1. The first-order chi connectivity index (χ1) is 8.15. The van der Waals surface area contributed by atoms with E-state index in [-0.39, 0.29) is 5.91 Å². The van der Waals surface area contributed by atoms with Crippen molar-refractivity contribution >= 4 is 11.6 Å². The second-order valence-corrected chi connectivity index (χ2v) is 5.43. The molecule has 2 atom stereocenters. The first-order valence-corrected chi connectivity index (χ1v) is 6.36. The SMILES string of the molecule is Cn1cc(N)cc1C(=O)N1CC2CCCC2C1. The van der Waals surface area contributed by atoms with E-state index in [2.05, 4.69) is 0 Å². The average Bonchev–Trinajstić information content (AvgIpc) is 2.90. The van der Waals surface area contributed by atoms with Gasteiger partial charge < -0.3 is 15.2 Å². The van der Waals surface area contributed by atoms with Crippen molar-refractivity contribution in [1.82, 2.24) is 9.47 Å². The molecular formula is C13H19N3O. The zero-order valence-corrected chi connectivity index (χ0v) is 10.2. The molecule has 2 aliphatic rings. The first kappa shape index (κ1) is 10.7.